The number of alkyl carbamates (subject to hydrolysis) is 2. The molecule has 13 heteroatoms. The summed E-state index contributed by atoms with van der Waals surface area (Å²) in [4.78, 5) is 59.8. The van der Waals surface area contributed by atoms with E-state index in [1.54, 1.807) is 69.3 Å². The maximum absolute atomic E-state index is 13.1. The fraction of sp³-hybridized carbons (Fsp3) is 0.414. The van der Waals surface area contributed by atoms with Gasteiger partial charge in [0.25, 0.3) is 5.91 Å². The highest BCUT2D eigenvalue weighted by molar-refractivity contribution is 5.94. The van der Waals surface area contributed by atoms with Crippen LogP contribution in [-0.2, 0) is 41.9 Å². The average molecular weight is 586 g/mol. The molecule has 2 atom stereocenters. The Kier molecular flexibility index (Phi) is 13.2. The Bertz CT molecular complexity index is 1200. The summed E-state index contributed by atoms with van der Waals surface area (Å²) in [5.74, 6) is -1.75. The number of nitrogens with zero attached hydrogens (tertiary/aromatic N) is 2. The Hall–Kier alpha value is -4.65. The van der Waals surface area contributed by atoms with Crippen LogP contribution < -0.4 is 16.4 Å². The number of carbonyl (C=O) groups excluding carboxylic acids is 4. The van der Waals surface area contributed by atoms with Crippen LogP contribution in [0.4, 0.5) is 9.59 Å². The number of rotatable bonds is 12. The van der Waals surface area contributed by atoms with Crippen LogP contribution >= 0.6 is 0 Å². The molecule has 0 aliphatic rings. The van der Waals surface area contributed by atoms with Crippen LogP contribution in [0.1, 0.15) is 44.7 Å². The molecule has 0 saturated carbocycles. The van der Waals surface area contributed by atoms with Crippen LogP contribution in [0.5, 0.6) is 0 Å². The Labute approximate surface area is 245 Å². The quantitative estimate of drug-likeness (QED) is 0.111. The minimum atomic E-state index is -1.24. The topological polar surface area (TPSA) is 171 Å². The van der Waals surface area contributed by atoms with Crippen molar-refractivity contribution in [3.63, 3.8) is 0 Å². The lowest BCUT2D eigenvalue weighted by Crippen LogP contribution is -2.49. The zero-order chi connectivity index (χ0) is 31.1. The molecule has 4 N–H and O–H groups in total. The number of hydrogen-bond donors (Lipinski definition) is 3. The number of esters is 1. The van der Waals surface area contributed by atoms with E-state index in [2.05, 4.69) is 15.6 Å². The van der Waals surface area contributed by atoms with Crippen molar-refractivity contribution in [1.82, 2.24) is 15.7 Å². The van der Waals surface area contributed by atoms with E-state index < -0.39 is 47.7 Å². The van der Waals surface area contributed by atoms with E-state index in [1.165, 1.54) is 14.2 Å². The first-order valence-corrected chi connectivity index (χ1v) is 13.2. The lowest BCUT2D eigenvalue weighted by molar-refractivity contribution is -0.171. The fourth-order valence-corrected chi connectivity index (χ4v) is 3.47. The number of benzene rings is 2. The number of guanidine groups is 1. The predicted octanol–water partition coefficient (Wildman–Crippen LogP) is 3.03. The van der Waals surface area contributed by atoms with Gasteiger partial charge in [-0.1, -0.05) is 60.7 Å². The van der Waals surface area contributed by atoms with Crippen molar-refractivity contribution in [1.29, 1.82) is 0 Å². The van der Waals surface area contributed by atoms with E-state index >= 15 is 0 Å². The predicted molar refractivity (Wildman–Crippen MR) is 154 cm³/mol. The molecule has 0 heterocycles. The summed E-state index contributed by atoms with van der Waals surface area (Å²) in [6.07, 6.45) is -1.89. The first-order chi connectivity index (χ1) is 19.9. The Balaban J connectivity index is 2.17. The molecule has 13 nitrogen and oxygen atoms in total. The van der Waals surface area contributed by atoms with E-state index in [-0.39, 0.29) is 26.1 Å². The third-order valence-corrected chi connectivity index (χ3v) is 5.54. The molecule has 0 saturated heterocycles. The molecule has 2 rings (SSSR count). The highest BCUT2D eigenvalue weighted by Gasteiger charge is 2.30. The zero-order valence-electron chi connectivity index (χ0n) is 24.5. The van der Waals surface area contributed by atoms with Crippen LogP contribution in [0.25, 0.3) is 0 Å². The van der Waals surface area contributed by atoms with E-state index in [9.17, 15) is 19.2 Å². The maximum atomic E-state index is 13.1. The zero-order valence-corrected chi connectivity index (χ0v) is 24.5. The number of nitrogens with one attached hydrogen (secondary N) is 2. The first kappa shape index (κ1) is 33.6. The molecule has 0 aromatic heterocycles. The Morgan fingerprint density at radius 2 is 1.43 bits per heavy atom. The Morgan fingerprint density at radius 3 is 1.95 bits per heavy atom. The molecule has 0 spiro atoms. The maximum Gasteiger partial charge on any atom is 0.414 e. The number of hydrogen-bond acceptors (Lipinski definition) is 9. The molecule has 0 aliphatic heterocycles. The number of amides is 3. The van der Waals surface area contributed by atoms with Gasteiger partial charge in [-0.15, -0.1) is 0 Å². The van der Waals surface area contributed by atoms with Crippen LogP contribution in [0, 0.1) is 0 Å². The van der Waals surface area contributed by atoms with Crippen molar-refractivity contribution in [2.24, 2.45) is 10.7 Å². The van der Waals surface area contributed by atoms with Gasteiger partial charge in [0.1, 0.15) is 24.9 Å². The van der Waals surface area contributed by atoms with Gasteiger partial charge in [-0.05, 0) is 44.7 Å². The van der Waals surface area contributed by atoms with E-state index in [0.717, 1.165) is 16.2 Å². The number of nitrogens with two attached hydrogens (primary N) is 1. The second-order valence-electron chi connectivity index (χ2n) is 10.1. The largest absolute Gasteiger partial charge is 0.459 e. The molecule has 2 aromatic rings. The highest BCUT2D eigenvalue weighted by atomic mass is 16.7. The third kappa shape index (κ3) is 12.7. The van der Waals surface area contributed by atoms with Gasteiger partial charge in [0, 0.05) is 7.05 Å². The van der Waals surface area contributed by atoms with Gasteiger partial charge in [0.2, 0.25) is 0 Å². The first-order valence-electron chi connectivity index (χ1n) is 13.2. The average Bonchev–Trinajstić information content (AvgIpc) is 2.95. The number of ether oxygens (including phenoxy) is 3. The summed E-state index contributed by atoms with van der Waals surface area (Å²) in [6, 6.07) is 15.6. The molecule has 3 amide bonds. The normalized spacial score (nSPS) is 12.8. The van der Waals surface area contributed by atoms with Gasteiger partial charge in [0.15, 0.2) is 12.0 Å². The van der Waals surface area contributed by atoms with Gasteiger partial charge in [0.05, 0.1) is 7.11 Å². The summed E-state index contributed by atoms with van der Waals surface area (Å²) < 4.78 is 15.9. The van der Waals surface area contributed by atoms with E-state index in [1.807, 2.05) is 12.1 Å². The smallest absolute Gasteiger partial charge is 0.414 e. The van der Waals surface area contributed by atoms with Crippen molar-refractivity contribution in [3.8, 4) is 0 Å². The third-order valence-electron chi connectivity index (χ3n) is 5.54. The molecule has 0 radical (unpaired) electrons. The van der Waals surface area contributed by atoms with E-state index in [0.29, 0.717) is 0 Å². The van der Waals surface area contributed by atoms with Crippen molar-refractivity contribution in [2.45, 2.75) is 64.5 Å². The minimum absolute atomic E-state index is 0.00432. The van der Waals surface area contributed by atoms with Gasteiger partial charge in [-0.25, -0.2) is 24.4 Å². The lowest BCUT2D eigenvalue weighted by atomic mass is 10.1. The molecule has 0 bridgehead atoms. The fourth-order valence-electron chi connectivity index (χ4n) is 3.47. The molecule has 42 heavy (non-hydrogen) atoms. The second-order valence-corrected chi connectivity index (χ2v) is 10.1. The van der Waals surface area contributed by atoms with Crippen molar-refractivity contribution in [3.05, 3.63) is 71.8 Å². The minimum Gasteiger partial charge on any atom is -0.459 e. The molecule has 1 unspecified atom stereocenters. The van der Waals surface area contributed by atoms with Gasteiger partial charge >= 0.3 is 18.2 Å². The van der Waals surface area contributed by atoms with Crippen LogP contribution in [0.15, 0.2) is 65.7 Å². The van der Waals surface area contributed by atoms with Crippen molar-refractivity contribution < 1.29 is 38.2 Å². The standard InChI is InChI=1S/C29H39N5O8/c1-29(2,3)42-28(38)32-22(24(35)34(4)39-5)16-17-23(25(36)40-18-20-12-8-6-9-13-20)31-26(30)33-27(37)41-19-21-14-10-7-11-15-21/h6-15,22-23H,16-19H2,1-5H3,(H,32,38)(H3,30,31,33,37)/t22-,23?/m0/s1. The number of hydroxylamine groups is 2. The number of aliphatic imine (C=N–C) groups is 1. The number of carbonyl (C=O) groups is 4. The van der Waals surface area contributed by atoms with Gasteiger partial charge in [-0.2, -0.15) is 0 Å². The molecular formula is C29H39N5O8. The summed E-state index contributed by atoms with van der Waals surface area (Å²) in [6.45, 7) is 5.00. The SMILES string of the molecule is CON(C)C(=O)[C@H](CCC(N=C(N)NC(=O)OCc1ccccc1)C(=O)OCc1ccccc1)NC(=O)OC(C)(C)C. The summed E-state index contributed by atoms with van der Waals surface area (Å²) in [5, 5.41) is 5.72. The van der Waals surface area contributed by atoms with Crippen molar-refractivity contribution in [2.75, 3.05) is 14.2 Å². The Morgan fingerprint density at radius 1 is 0.881 bits per heavy atom. The summed E-state index contributed by atoms with van der Waals surface area (Å²) in [7, 11) is 2.67. The van der Waals surface area contributed by atoms with Crippen LogP contribution in [-0.4, -0.2) is 66.9 Å². The lowest BCUT2D eigenvalue weighted by Gasteiger charge is -2.26. The molecule has 0 fully saturated rings. The second kappa shape index (κ2) is 16.6. The highest BCUT2D eigenvalue weighted by Crippen LogP contribution is 2.13. The van der Waals surface area contributed by atoms with Crippen LogP contribution in [0.2, 0.25) is 0 Å². The molecule has 0 aliphatic carbocycles. The number of likely N-dealkylation sites (N-methyl/N-ethyl adjacent to an activating group) is 1. The van der Waals surface area contributed by atoms with Gasteiger partial charge in [-0.3, -0.25) is 14.9 Å². The summed E-state index contributed by atoms with van der Waals surface area (Å²) >= 11 is 0. The van der Waals surface area contributed by atoms with E-state index in [4.69, 9.17) is 24.8 Å². The monoisotopic (exact) mass is 585 g/mol. The van der Waals surface area contributed by atoms with Crippen LogP contribution in [0.3, 0.4) is 0 Å². The van der Waals surface area contributed by atoms with Crippen molar-refractivity contribution >= 4 is 30.0 Å². The molecule has 228 valence electrons. The summed E-state index contributed by atoms with van der Waals surface area (Å²) in [5.41, 5.74) is 6.61. The molecular weight excluding hydrogens is 546 g/mol. The van der Waals surface area contributed by atoms with Gasteiger partial charge < -0.3 is 25.3 Å². The molecule has 2 aromatic carbocycles.